The van der Waals surface area contributed by atoms with Gasteiger partial charge in [-0.05, 0) is 18.9 Å². The summed E-state index contributed by atoms with van der Waals surface area (Å²) in [4.78, 5) is 40.1. The van der Waals surface area contributed by atoms with Crippen LogP contribution in [-0.2, 0) is 19.1 Å². The van der Waals surface area contributed by atoms with Gasteiger partial charge in [-0.25, -0.2) is 0 Å². The van der Waals surface area contributed by atoms with Gasteiger partial charge in [0.2, 0.25) is 17.7 Å². The third kappa shape index (κ3) is 4.35. The van der Waals surface area contributed by atoms with Gasteiger partial charge in [-0.3, -0.25) is 14.4 Å². The molecule has 0 atom stereocenters. The Labute approximate surface area is 143 Å². The zero-order chi connectivity index (χ0) is 17.6. The summed E-state index contributed by atoms with van der Waals surface area (Å²) < 4.78 is 5.31. The maximum atomic E-state index is 13.0. The Hall–Kier alpha value is -1.89. The van der Waals surface area contributed by atoms with E-state index in [-0.39, 0.29) is 24.3 Å². The Kier molecular flexibility index (Phi) is 6.36. The van der Waals surface area contributed by atoms with Crippen molar-refractivity contribution in [2.45, 2.75) is 37.6 Å². The molecule has 134 valence electrons. The lowest BCUT2D eigenvalue weighted by atomic mass is 9.80. The highest BCUT2D eigenvalue weighted by molar-refractivity contribution is 5.94. The molecular weight excluding hydrogens is 310 g/mol. The van der Waals surface area contributed by atoms with Crippen molar-refractivity contribution in [3.63, 3.8) is 0 Å². The van der Waals surface area contributed by atoms with Crippen molar-refractivity contribution in [1.82, 2.24) is 15.1 Å². The lowest BCUT2D eigenvalue weighted by molar-refractivity contribution is -0.147. The van der Waals surface area contributed by atoms with E-state index in [1.54, 1.807) is 11.9 Å². The van der Waals surface area contributed by atoms with Gasteiger partial charge in [0.25, 0.3) is 0 Å². The first-order valence-corrected chi connectivity index (χ1v) is 8.54. The molecule has 3 amide bonds. The Morgan fingerprint density at radius 1 is 1.21 bits per heavy atom. The van der Waals surface area contributed by atoms with E-state index >= 15 is 0 Å². The molecule has 1 saturated heterocycles. The van der Waals surface area contributed by atoms with E-state index in [1.165, 1.54) is 11.0 Å². The summed E-state index contributed by atoms with van der Waals surface area (Å²) in [7, 11) is 1.54. The lowest BCUT2D eigenvalue weighted by Gasteiger charge is -2.41. The van der Waals surface area contributed by atoms with Gasteiger partial charge in [-0.2, -0.15) is 0 Å². The highest BCUT2D eigenvalue weighted by Gasteiger charge is 2.43. The monoisotopic (exact) mass is 337 g/mol. The first-order valence-electron chi connectivity index (χ1n) is 8.54. The Morgan fingerprint density at radius 3 is 2.42 bits per heavy atom. The summed E-state index contributed by atoms with van der Waals surface area (Å²) in [5.41, 5.74) is -0.843. The first kappa shape index (κ1) is 18.4. The maximum Gasteiger partial charge on any atom is 0.248 e. The van der Waals surface area contributed by atoms with Gasteiger partial charge in [-0.1, -0.05) is 25.8 Å². The van der Waals surface area contributed by atoms with Gasteiger partial charge in [0.15, 0.2) is 0 Å². The number of rotatable bonds is 5. The minimum Gasteiger partial charge on any atom is -0.378 e. The van der Waals surface area contributed by atoms with E-state index in [1.807, 2.05) is 0 Å². The van der Waals surface area contributed by atoms with E-state index in [0.29, 0.717) is 39.1 Å². The fourth-order valence-electron chi connectivity index (χ4n) is 3.37. The summed E-state index contributed by atoms with van der Waals surface area (Å²) >= 11 is 0. The van der Waals surface area contributed by atoms with Crippen molar-refractivity contribution in [2.75, 3.05) is 39.9 Å². The average Bonchev–Trinajstić information content (AvgIpc) is 2.61. The number of ether oxygens (including phenoxy) is 1. The molecule has 1 N–H and O–H groups in total. The second-order valence-corrected chi connectivity index (χ2v) is 6.49. The van der Waals surface area contributed by atoms with Crippen LogP contribution in [0.15, 0.2) is 12.7 Å². The fourth-order valence-corrected chi connectivity index (χ4v) is 3.37. The molecule has 1 aliphatic carbocycles. The van der Waals surface area contributed by atoms with E-state index in [0.717, 1.165) is 19.3 Å². The highest BCUT2D eigenvalue weighted by atomic mass is 16.5. The molecule has 7 heteroatoms. The molecule has 0 aromatic heterocycles. The molecule has 2 fully saturated rings. The second kappa shape index (κ2) is 8.28. The average molecular weight is 337 g/mol. The van der Waals surface area contributed by atoms with Gasteiger partial charge in [-0.15, -0.1) is 0 Å². The zero-order valence-electron chi connectivity index (χ0n) is 14.4. The van der Waals surface area contributed by atoms with Crippen LogP contribution in [0.3, 0.4) is 0 Å². The topological polar surface area (TPSA) is 79.0 Å². The maximum absolute atomic E-state index is 13.0. The molecule has 1 aliphatic heterocycles. The van der Waals surface area contributed by atoms with Crippen molar-refractivity contribution in [3.8, 4) is 0 Å². The lowest BCUT2D eigenvalue weighted by Crippen LogP contribution is -2.63. The van der Waals surface area contributed by atoms with Gasteiger partial charge in [0, 0.05) is 20.1 Å². The number of hydrogen-bond acceptors (Lipinski definition) is 4. The molecule has 1 heterocycles. The summed E-state index contributed by atoms with van der Waals surface area (Å²) in [5.74, 6) is -0.643. The molecule has 0 radical (unpaired) electrons. The van der Waals surface area contributed by atoms with Crippen LogP contribution in [0.2, 0.25) is 0 Å². The SMILES string of the molecule is C=CC(=O)N(C)CC(=O)NC1(C(=O)N2CCOCC2)CCCCC1. The van der Waals surface area contributed by atoms with Crippen LogP contribution >= 0.6 is 0 Å². The van der Waals surface area contributed by atoms with E-state index in [9.17, 15) is 14.4 Å². The minimum atomic E-state index is -0.843. The third-order valence-corrected chi connectivity index (χ3v) is 4.73. The fraction of sp³-hybridized carbons (Fsp3) is 0.706. The molecule has 0 bridgehead atoms. The zero-order valence-corrected chi connectivity index (χ0v) is 14.4. The van der Waals surface area contributed by atoms with E-state index in [2.05, 4.69) is 11.9 Å². The number of amides is 3. The van der Waals surface area contributed by atoms with Crippen LogP contribution in [0.4, 0.5) is 0 Å². The Morgan fingerprint density at radius 2 is 1.83 bits per heavy atom. The number of hydrogen-bond donors (Lipinski definition) is 1. The first-order chi connectivity index (χ1) is 11.5. The standard InChI is InChI=1S/C17H27N3O4/c1-3-15(22)19(2)13-14(21)18-17(7-5-4-6-8-17)16(23)20-9-11-24-12-10-20/h3H,1,4-13H2,2H3,(H,18,21). The normalized spacial score (nSPS) is 20.1. The summed E-state index contributed by atoms with van der Waals surface area (Å²) in [5, 5.41) is 2.94. The van der Waals surface area contributed by atoms with E-state index < -0.39 is 5.54 Å². The summed E-state index contributed by atoms with van der Waals surface area (Å²) in [6.45, 7) is 5.52. The van der Waals surface area contributed by atoms with Gasteiger partial charge >= 0.3 is 0 Å². The van der Waals surface area contributed by atoms with Crippen molar-refractivity contribution in [3.05, 3.63) is 12.7 Å². The summed E-state index contributed by atoms with van der Waals surface area (Å²) in [6.07, 6.45) is 5.36. The van der Waals surface area contributed by atoms with Crippen LogP contribution < -0.4 is 5.32 Å². The molecule has 1 saturated carbocycles. The Bertz CT molecular complexity index is 494. The predicted octanol–water partition coefficient (Wildman–Crippen LogP) is 0.309. The molecule has 0 aromatic rings. The van der Waals surface area contributed by atoms with Crippen LogP contribution in [0.1, 0.15) is 32.1 Å². The number of likely N-dealkylation sites (N-methyl/N-ethyl adjacent to an activating group) is 1. The van der Waals surface area contributed by atoms with Crippen molar-refractivity contribution in [1.29, 1.82) is 0 Å². The predicted molar refractivity (Wildman–Crippen MR) is 89.2 cm³/mol. The van der Waals surface area contributed by atoms with Crippen LogP contribution in [0, 0.1) is 0 Å². The second-order valence-electron chi connectivity index (χ2n) is 6.49. The molecule has 7 nitrogen and oxygen atoms in total. The minimum absolute atomic E-state index is 0.0171. The third-order valence-electron chi connectivity index (χ3n) is 4.73. The Balaban J connectivity index is 2.06. The van der Waals surface area contributed by atoms with E-state index in [4.69, 9.17) is 4.74 Å². The molecule has 2 aliphatic rings. The number of nitrogens with one attached hydrogen (secondary N) is 1. The van der Waals surface area contributed by atoms with Crippen LogP contribution in [0.5, 0.6) is 0 Å². The van der Waals surface area contributed by atoms with Gasteiger partial charge < -0.3 is 19.9 Å². The number of morpholine rings is 1. The number of nitrogens with zero attached hydrogens (tertiary/aromatic N) is 2. The largest absolute Gasteiger partial charge is 0.378 e. The number of carbonyl (C=O) groups excluding carboxylic acids is 3. The summed E-state index contributed by atoms with van der Waals surface area (Å²) in [6, 6.07) is 0. The molecule has 0 aromatic carbocycles. The number of carbonyl (C=O) groups is 3. The molecule has 0 spiro atoms. The molecule has 24 heavy (non-hydrogen) atoms. The quantitative estimate of drug-likeness (QED) is 0.732. The molecule has 0 unspecified atom stereocenters. The molecule has 2 rings (SSSR count). The van der Waals surface area contributed by atoms with Crippen LogP contribution in [-0.4, -0.2) is 73.0 Å². The van der Waals surface area contributed by atoms with Gasteiger partial charge in [0.05, 0.1) is 19.8 Å². The van der Waals surface area contributed by atoms with Crippen molar-refractivity contribution in [2.24, 2.45) is 0 Å². The molecular formula is C17H27N3O4. The van der Waals surface area contributed by atoms with Crippen molar-refractivity contribution >= 4 is 17.7 Å². The van der Waals surface area contributed by atoms with Gasteiger partial charge in [0.1, 0.15) is 5.54 Å². The highest BCUT2D eigenvalue weighted by Crippen LogP contribution is 2.30. The smallest absolute Gasteiger partial charge is 0.248 e. The van der Waals surface area contributed by atoms with Crippen LogP contribution in [0.25, 0.3) is 0 Å². The van der Waals surface area contributed by atoms with Crippen molar-refractivity contribution < 1.29 is 19.1 Å².